The van der Waals surface area contributed by atoms with Crippen LogP contribution in [0.2, 0.25) is 10.0 Å². The molecule has 0 spiro atoms. The van der Waals surface area contributed by atoms with Crippen LogP contribution in [0.25, 0.3) is 0 Å². The zero-order valence-electron chi connectivity index (χ0n) is 10.6. The van der Waals surface area contributed by atoms with Crippen molar-refractivity contribution in [3.63, 3.8) is 0 Å². The minimum Gasteiger partial charge on any atom is -0.314 e. The van der Waals surface area contributed by atoms with E-state index in [1.807, 2.05) is 0 Å². The summed E-state index contributed by atoms with van der Waals surface area (Å²) >= 11 is 11.5. The Morgan fingerprint density at radius 1 is 1.35 bits per heavy atom. The van der Waals surface area contributed by atoms with Crippen LogP contribution in [0.4, 0.5) is 4.39 Å². The molecule has 2 rings (SSSR count). The summed E-state index contributed by atoms with van der Waals surface area (Å²) in [5.74, 6) is -0.672. The fourth-order valence-electron chi connectivity index (χ4n) is 2.23. The molecule has 2 N–H and O–H groups in total. The molecule has 0 amide bonds. The van der Waals surface area contributed by atoms with Gasteiger partial charge in [-0.3, -0.25) is 0 Å². The van der Waals surface area contributed by atoms with Crippen molar-refractivity contribution in [1.82, 2.24) is 10.0 Å². The number of hydrogen-bond donors (Lipinski definition) is 2. The molecule has 1 aromatic carbocycles. The second-order valence-electron chi connectivity index (χ2n) is 4.68. The third kappa shape index (κ3) is 3.83. The first-order valence-electron chi connectivity index (χ1n) is 6.28. The molecular weight excluding hydrogens is 326 g/mol. The van der Waals surface area contributed by atoms with Crippen LogP contribution in [0.1, 0.15) is 19.3 Å². The lowest BCUT2D eigenvalue weighted by Gasteiger charge is -2.13. The first kappa shape index (κ1) is 16.0. The molecule has 0 bridgehead atoms. The Labute approximate surface area is 127 Å². The largest absolute Gasteiger partial charge is 0.314 e. The smallest absolute Gasteiger partial charge is 0.243 e. The van der Waals surface area contributed by atoms with Gasteiger partial charge in [0.05, 0.1) is 10.0 Å². The standard InChI is InChI=1S/C12H15Cl2FN2O2S/c13-10-6-8(15)7-11(14)12(10)20(18,19)17-5-3-9-2-1-4-16-9/h6-7,9,16-17H,1-5H2/t9-/m1/s1. The van der Waals surface area contributed by atoms with E-state index in [1.165, 1.54) is 0 Å². The maximum Gasteiger partial charge on any atom is 0.243 e. The molecule has 1 atom stereocenters. The van der Waals surface area contributed by atoms with Gasteiger partial charge in [0.1, 0.15) is 10.7 Å². The van der Waals surface area contributed by atoms with Gasteiger partial charge in [-0.25, -0.2) is 17.5 Å². The minimum absolute atomic E-state index is 0.221. The van der Waals surface area contributed by atoms with Crippen molar-refractivity contribution in [2.75, 3.05) is 13.1 Å². The van der Waals surface area contributed by atoms with Gasteiger partial charge in [0.25, 0.3) is 0 Å². The van der Waals surface area contributed by atoms with Crippen LogP contribution in [-0.2, 0) is 10.0 Å². The van der Waals surface area contributed by atoms with Crippen molar-refractivity contribution < 1.29 is 12.8 Å². The van der Waals surface area contributed by atoms with E-state index in [0.29, 0.717) is 12.5 Å². The molecule has 1 heterocycles. The Kier molecular flexibility index (Phi) is 5.25. The molecule has 1 aromatic rings. The highest BCUT2D eigenvalue weighted by Crippen LogP contribution is 2.30. The second-order valence-corrected chi connectivity index (χ2v) is 7.20. The van der Waals surface area contributed by atoms with Gasteiger partial charge in [0.2, 0.25) is 10.0 Å². The molecule has 0 aromatic heterocycles. The van der Waals surface area contributed by atoms with Gasteiger partial charge >= 0.3 is 0 Å². The monoisotopic (exact) mass is 340 g/mol. The number of halogens is 3. The Morgan fingerprint density at radius 3 is 2.55 bits per heavy atom. The molecule has 1 saturated heterocycles. The molecule has 0 unspecified atom stereocenters. The van der Waals surface area contributed by atoms with Crippen molar-refractivity contribution in [3.05, 3.63) is 28.0 Å². The summed E-state index contributed by atoms with van der Waals surface area (Å²) in [5, 5.41) is 2.83. The number of rotatable bonds is 5. The predicted octanol–water partition coefficient (Wildman–Crippen LogP) is 2.55. The lowest BCUT2D eigenvalue weighted by Crippen LogP contribution is -2.31. The van der Waals surface area contributed by atoms with E-state index in [2.05, 4.69) is 10.0 Å². The van der Waals surface area contributed by atoms with Gasteiger partial charge in [-0.2, -0.15) is 0 Å². The zero-order chi connectivity index (χ0) is 14.8. The summed E-state index contributed by atoms with van der Waals surface area (Å²) in [7, 11) is -3.84. The van der Waals surface area contributed by atoms with E-state index in [0.717, 1.165) is 31.5 Å². The quantitative estimate of drug-likeness (QED) is 0.865. The second kappa shape index (κ2) is 6.58. The molecule has 8 heteroatoms. The van der Waals surface area contributed by atoms with E-state index in [1.54, 1.807) is 0 Å². The summed E-state index contributed by atoms with van der Waals surface area (Å²) < 4.78 is 39.8. The Morgan fingerprint density at radius 2 is 2.00 bits per heavy atom. The average Bonchev–Trinajstić information content (AvgIpc) is 2.79. The maximum absolute atomic E-state index is 13.1. The van der Waals surface area contributed by atoms with Crippen molar-refractivity contribution in [3.8, 4) is 0 Å². The maximum atomic E-state index is 13.1. The topological polar surface area (TPSA) is 58.2 Å². The third-order valence-corrected chi connectivity index (χ3v) is 5.56. The Bertz CT molecular complexity index is 566. The van der Waals surface area contributed by atoms with E-state index < -0.39 is 15.8 Å². The normalized spacial score (nSPS) is 19.4. The highest BCUT2D eigenvalue weighted by molar-refractivity contribution is 7.89. The van der Waals surface area contributed by atoms with Crippen LogP contribution < -0.4 is 10.0 Å². The van der Waals surface area contributed by atoms with Crippen LogP contribution >= 0.6 is 23.2 Å². The molecule has 1 aliphatic heterocycles. The molecule has 112 valence electrons. The number of benzene rings is 1. The fraction of sp³-hybridized carbons (Fsp3) is 0.500. The number of sulfonamides is 1. The van der Waals surface area contributed by atoms with Crippen LogP contribution in [0.15, 0.2) is 17.0 Å². The fourth-order valence-corrected chi connectivity index (χ4v) is 4.46. The van der Waals surface area contributed by atoms with Gasteiger partial charge in [-0.1, -0.05) is 23.2 Å². The molecule has 1 fully saturated rings. The van der Waals surface area contributed by atoms with Crippen LogP contribution in [0.5, 0.6) is 0 Å². The van der Waals surface area contributed by atoms with E-state index in [-0.39, 0.29) is 21.5 Å². The third-order valence-electron chi connectivity index (χ3n) is 3.18. The molecule has 0 aliphatic carbocycles. The summed E-state index contributed by atoms with van der Waals surface area (Å²) in [4.78, 5) is -0.276. The van der Waals surface area contributed by atoms with Gasteiger partial charge < -0.3 is 5.32 Å². The molecule has 0 saturated carbocycles. The summed E-state index contributed by atoms with van der Waals surface area (Å²) in [6, 6.07) is 2.19. The highest BCUT2D eigenvalue weighted by Gasteiger charge is 2.23. The molecule has 1 aliphatic rings. The van der Waals surface area contributed by atoms with Gasteiger partial charge in [0, 0.05) is 12.6 Å². The van der Waals surface area contributed by atoms with E-state index in [4.69, 9.17) is 23.2 Å². The van der Waals surface area contributed by atoms with Crippen LogP contribution in [-0.4, -0.2) is 27.5 Å². The molecular formula is C12H15Cl2FN2O2S. The first-order chi connectivity index (χ1) is 9.40. The average molecular weight is 341 g/mol. The van der Waals surface area contributed by atoms with E-state index >= 15 is 0 Å². The lowest BCUT2D eigenvalue weighted by atomic mass is 10.2. The van der Waals surface area contributed by atoms with Crippen LogP contribution in [0, 0.1) is 5.82 Å². The number of nitrogens with one attached hydrogen (secondary N) is 2. The highest BCUT2D eigenvalue weighted by atomic mass is 35.5. The minimum atomic E-state index is -3.84. The molecule has 20 heavy (non-hydrogen) atoms. The Hall–Kier alpha value is -0.400. The van der Waals surface area contributed by atoms with Crippen molar-refractivity contribution in [1.29, 1.82) is 0 Å². The van der Waals surface area contributed by atoms with Gasteiger partial charge in [0.15, 0.2) is 0 Å². The molecule has 4 nitrogen and oxygen atoms in total. The summed E-state index contributed by atoms with van der Waals surface area (Å²) in [5.41, 5.74) is 0. The summed E-state index contributed by atoms with van der Waals surface area (Å²) in [6.07, 6.45) is 2.84. The van der Waals surface area contributed by atoms with Crippen molar-refractivity contribution in [2.45, 2.75) is 30.2 Å². The van der Waals surface area contributed by atoms with E-state index in [9.17, 15) is 12.8 Å². The molecule has 0 radical (unpaired) electrons. The Balaban J connectivity index is 2.06. The predicted molar refractivity (Wildman–Crippen MR) is 77.3 cm³/mol. The first-order valence-corrected chi connectivity index (χ1v) is 8.51. The van der Waals surface area contributed by atoms with Crippen molar-refractivity contribution in [2.24, 2.45) is 0 Å². The number of hydrogen-bond acceptors (Lipinski definition) is 3. The SMILES string of the molecule is O=S(=O)(NCC[C@H]1CCCN1)c1c(Cl)cc(F)cc1Cl. The van der Waals surface area contributed by atoms with Crippen LogP contribution in [0.3, 0.4) is 0 Å². The lowest BCUT2D eigenvalue weighted by molar-refractivity contribution is 0.539. The zero-order valence-corrected chi connectivity index (χ0v) is 13.0. The van der Waals surface area contributed by atoms with Gasteiger partial charge in [-0.15, -0.1) is 0 Å². The summed E-state index contributed by atoms with van der Waals surface area (Å²) in [6.45, 7) is 1.25. The van der Waals surface area contributed by atoms with Crippen molar-refractivity contribution >= 4 is 33.2 Å². The van der Waals surface area contributed by atoms with Gasteiger partial charge in [-0.05, 0) is 37.9 Å².